The molecule has 3 aromatic rings. The van der Waals surface area contributed by atoms with Crippen molar-refractivity contribution in [2.75, 3.05) is 18.5 Å². The quantitative estimate of drug-likeness (QED) is 0.314. The number of nitrogens with zero attached hydrogens (tertiary/aromatic N) is 1. The van der Waals surface area contributed by atoms with E-state index < -0.39 is 29.6 Å². The molecule has 36 heavy (non-hydrogen) atoms. The lowest BCUT2D eigenvalue weighted by atomic mass is 10.2. The molecule has 1 N–H and O–H groups in total. The Morgan fingerprint density at radius 2 is 1.89 bits per heavy atom. The number of hydrogen-bond acceptors (Lipinski definition) is 7. The molecule has 2 aromatic carbocycles. The van der Waals surface area contributed by atoms with Crippen molar-refractivity contribution in [1.29, 1.82) is 0 Å². The van der Waals surface area contributed by atoms with Gasteiger partial charge in [0, 0.05) is 17.3 Å². The molecule has 3 amide bonds. The number of halogens is 2. The van der Waals surface area contributed by atoms with Crippen LogP contribution >= 0.6 is 23.4 Å². The molecule has 0 radical (unpaired) electrons. The molecule has 1 fully saturated rings. The van der Waals surface area contributed by atoms with Gasteiger partial charge in [0.15, 0.2) is 0 Å². The highest BCUT2D eigenvalue weighted by Gasteiger charge is 2.36. The Bertz CT molecular complexity index is 1390. The number of rotatable bonds is 7. The van der Waals surface area contributed by atoms with Crippen LogP contribution in [0.1, 0.15) is 23.0 Å². The summed E-state index contributed by atoms with van der Waals surface area (Å²) in [5, 5.41) is 2.08. The van der Waals surface area contributed by atoms with Crippen molar-refractivity contribution in [1.82, 2.24) is 4.90 Å². The van der Waals surface area contributed by atoms with Gasteiger partial charge < -0.3 is 14.5 Å². The Labute approximate surface area is 214 Å². The summed E-state index contributed by atoms with van der Waals surface area (Å²) in [5.74, 6) is -1.54. The fourth-order valence-corrected chi connectivity index (χ4v) is 4.29. The van der Waals surface area contributed by atoms with Crippen molar-refractivity contribution >= 4 is 58.1 Å². The molecule has 1 saturated heterocycles. The van der Waals surface area contributed by atoms with Crippen molar-refractivity contribution in [3.05, 3.63) is 81.7 Å². The van der Waals surface area contributed by atoms with E-state index in [0.717, 1.165) is 4.90 Å². The maximum Gasteiger partial charge on any atom is 0.339 e. The first-order valence-electron chi connectivity index (χ1n) is 10.6. The van der Waals surface area contributed by atoms with Crippen LogP contribution in [0.3, 0.4) is 0 Å². The van der Waals surface area contributed by atoms with E-state index in [1.807, 2.05) is 0 Å². The molecule has 0 saturated carbocycles. The van der Waals surface area contributed by atoms with Gasteiger partial charge in [-0.2, -0.15) is 0 Å². The summed E-state index contributed by atoms with van der Waals surface area (Å²) in [6.07, 6.45) is 1.40. The number of benzene rings is 2. The predicted molar refractivity (Wildman–Crippen MR) is 133 cm³/mol. The normalized spacial score (nSPS) is 14.4. The molecule has 11 heteroatoms. The zero-order valence-electron chi connectivity index (χ0n) is 18.7. The van der Waals surface area contributed by atoms with E-state index in [2.05, 4.69) is 5.32 Å². The first kappa shape index (κ1) is 25.2. The van der Waals surface area contributed by atoms with Crippen LogP contribution in [0.2, 0.25) is 5.02 Å². The van der Waals surface area contributed by atoms with Gasteiger partial charge in [0.1, 0.15) is 23.9 Å². The summed E-state index contributed by atoms with van der Waals surface area (Å²) in [6, 6.07) is 13.2. The predicted octanol–water partition coefficient (Wildman–Crippen LogP) is 5.59. The Hall–Kier alpha value is -3.89. The van der Waals surface area contributed by atoms with Gasteiger partial charge in [-0.1, -0.05) is 11.6 Å². The number of anilines is 1. The van der Waals surface area contributed by atoms with E-state index in [1.54, 1.807) is 31.2 Å². The molecule has 184 valence electrons. The van der Waals surface area contributed by atoms with Crippen molar-refractivity contribution in [3.63, 3.8) is 0 Å². The van der Waals surface area contributed by atoms with Gasteiger partial charge in [0.2, 0.25) is 5.91 Å². The molecule has 0 atom stereocenters. The Balaban J connectivity index is 1.43. The monoisotopic (exact) mass is 528 g/mol. The van der Waals surface area contributed by atoms with Crippen LogP contribution in [0.25, 0.3) is 17.4 Å². The van der Waals surface area contributed by atoms with E-state index in [-0.39, 0.29) is 33.6 Å². The lowest BCUT2D eigenvalue weighted by molar-refractivity contribution is -0.127. The largest absolute Gasteiger partial charge is 0.462 e. The van der Waals surface area contributed by atoms with E-state index >= 15 is 0 Å². The van der Waals surface area contributed by atoms with E-state index in [0.29, 0.717) is 28.8 Å². The van der Waals surface area contributed by atoms with Crippen LogP contribution in [0.15, 0.2) is 63.9 Å². The number of imide groups is 1. The van der Waals surface area contributed by atoms with Crippen LogP contribution in [0.5, 0.6) is 0 Å². The highest BCUT2D eigenvalue weighted by atomic mass is 35.5. The number of nitrogens with one attached hydrogen (secondary N) is 1. The standard InChI is InChI=1S/C25H18ClFN2O6S/c1-2-34-24(32)18-11-16(7-9-19(18)26)28-22(30)13-29-23(31)21(36-25(29)33)12-17-8-10-20(35-17)14-3-5-15(27)6-4-14/h3-12H,2,13H2,1H3,(H,28,30)/b21-12-. The van der Waals surface area contributed by atoms with Gasteiger partial charge in [-0.05, 0) is 73.3 Å². The summed E-state index contributed by atoms with van der Waals surface area (Å²) in [7, 11) is 0. The molecule has 2 heterocycles. The minimum Gasteiger partial charge on any atom is -0.462 e. The number of carbonyl (C=O) groups is 4. The van der Waals surface area contributed by atoms with E-state index in [1.165, 1.54) is 36.4 Å². The van der Waals surface area contributed by atoms with Gasteiger partial charge in [-0.15, -0.1) is 0 Å². The van der Waals surface area contributed by atoms with Crippen LogP contribution in [-0.4, -0.2) is 41.1 Å². The minimum absolute atomic E-state index is 0.0730. The second-order valence-corrected chi connectivity index (χ2v) is 8.84. The number of carbonyl (C=O) groups excluding carboxylic acids is 4. The molecule has 0 bridgehead atoms. The Kier molecular flexibility index (Phi) is 7.56. The first-order valence-corrected chi connectivity index (χ1v) is 11.8. The summed E-state index contributed by atoms with van der Waals surface area (Å²) in [6.45, 7) is 1.28. The zero-order chi connectivity index (χ0) is 25.8. The number of amides is 3. The zero-order valence-corrected chi connectivity index (χ0v) is 20.3. The fourth-order valence-electron chi connectivity index (χ4n) is 3.28. The van der Waals surface area contributed by atoms with E-state index in [9.17, 15) is 23.6 Å². The molecule has 1 aliphatic heterocycles. The Morgan fingerprint density at radius 3 is 2.61 bits per heavy atom. The maximum atomic E-state index is 13.1. The summed E-state index contributed by atoms with van der Waals surface area (Å²) in [5.41, 5.74) is 0.969. The third-order valence-corrected chi connectivity index (χ3v) is 6.19. The second kappa shape index (κ2) is 10.8. The maximum absolute atomic E-state index is 13.1. The SMILES string of the molecule is CCOC(=O)c1cc(NC(=O)CN2C(=O)S/C(=C\c3ccc(-c4ccc(F)cc4)o3)C2=O)ccc1Cl. The average molecular weight is 529 g/mol. The summed E-state index contributed by atoms with van der Waals surface area (Å²) >= 11 is 6.70. The molecule has 1 aromatic heterocycles. The minimum atomic E-state index is -0.650. The van der Waals surface area contributed by atoms with Crippen molar-refractivity contribution in [2.24, 2.45) is 0 Å². The first-order chi connectivity index (χ1) is 17.2. The van der Waals surface area contributed by atoms with E-state index in [4.69, 9.17) is 20.8 Å². The third kappa shape index (κ3) is 5.67. The molecular weight excluding hydrogens is 511 g/mol. The van der Waals surface area contributed by atoms with Crippen LogP contribution < -0.4 is 5.32 Å². The number of ether oxygens (including phenoxy) is 1. The number of thioether (sulfide) groups is 1. The van der Waals surface area contributed by atoms with Gasteiger partial charge in [-0.3, -0.25) is 19.3 Å². The van der Waals surface area contributed by atoms with Crippen molar-refractivity contribution in [2.45, 2.75) is 6.92 Å². The summed E-state index contributed by atoms with van der Waals surface area (Å²) in [4.78, 5) is 50.6. The number of esters is 1. The lowest BCUT2D eigenvalue weighted by Gasteiger charge is -2.13. The molecule has 0 unspecified atom stereocenters. The third-order valence-electron chi connectivity index (χ3n) is 4.95. The highest BCUT2D eigenvalue weighted by molar-refractivity contribution is 8.18. The Morgan fingerprint density at radius 1 is 1.14 bits per heavy atom. The van der Waals surface area contributed by atoms with Crippen LogP contribution in [-0.2, 0) is 14.3 Å². The van der Waals surface area contributed by atoms with Crippen molar-refractivity contribution in [3.8, 4) is 11.3 Å². The molecule has 4 rings (SSSR count). The highest BCUT2D eigenvalue weighted by Crippen LogP contribution is 2.33. The number of hydrogen-bond donors (Lipinski definition) is 1. The van der Waals surface area contributed by atoms with Crippen LogP contribution in [0.4, 0.5) is 14.9 Å². The molecule has 8 nitrogen and oxygen atoms in total. The number of furan rings is 1. The van der Waals surface area contributed by atoms with Gasteiger partial charge in [-0.25, -0.2) is 9.18 Å². The van der Waals surface area contributed by atoms with Crippen LogP contribution in [0, 0.1) is 5.82 Å². The average Bonchev–Trinajstić information content (AvgIpc) is 3.41. The smallest absolute Gasteiger partial charge is 0.339 e. The lowest BCUT2D eigenvalue weighted by Crippen LogP contribution is -2.36. The summed E-state index contributed by atoms with van der Waals surface area (Å²) < 4.78 is 23.7. The second-order valence-electron chi connectivity index (χ2n) is 7.44. The van der Waals surface area contributed by atoms with Crippen molar-refractivity contribution < 1.29 is 32.7 Å². The molecule has 0 spiro atoms. The van der Waals surface area contributed by atoms with Gasteiger partial charge in [0.05, 0.1) is 22.1 Å². The molecule has 1 aliphatic rings. The fraction of sp³-hybridized carbons (Fsp3) is 0.120. The molecule has 0 aliphatic carbocycles. The van der Waals surface area contributed by atoms with Gasteiger partial charge >= 0.3 is 5.97 Å². The topological polar surface area (TPSA) is 106 Å². The molecular formula is C25H18ClFN2O6S. The van der Waals surface area contributed by atoms with Gasteiger partial charge in [0.25, 0.3) is 11.1 Å².